The van der Waals surface area contributed by atoms with Crippen molar-refractivity contribution < 1.29 is 14.3 Å². The van der Waals surface area contributed by atoms with Crippen LogP contribution in [0.2, 0.25) is 10.0 Å². The monoisotopic (exact) mass is 523 g/mol. The number of carbonyl (C=O) groups is 2. The van der Waals surface area contributed by atoms with Crippen molar-refractivity contribution in [2.75, 3.05) is 6.61 Å². The molecule has 0 fully saturated rings. The third kappa shape index (κ3) is 6.21. The number of pyridine rings is 1. The maximum Gasteiger partial charge on any atom is 0.244 e. The average Bonchev–Trinajstić information content (AvgIpc) is 3.32. The SMILES string of the molecule is NC(=O)[C@@H](NC(=O)CCCOc1cc(-c2cccnc2)nn1-c1ccc(Cl)c(Cl)c1)c1ccccc1. The number of benzene rings is 2. The number of primary amides is 1. The average molecular weight is 524 g/mol. The van der Waals surface area contributed by atoms with E-state index in [1.165, 1.54) is 0 Å². The molecule has 0 saturated heterocycles. The Bertz CT molecular complexity index is 1350. The maximum atomic E-state index is 12.5. The van der Waals surface area contributed by atoms with Crippen molar-refractivity contribution in [1.29, 1.82) is 0 Å². The van der Waals surface area contributed by atoms with Crippen LogP contribution < -0.4 is 15.8 Å². The molecule has 36 heavy (non-hydrogen) atoms. The molecule has 4 aromatic rings. The lowest BCUT2D eigenvalue weighted by Crippen LogP contribution is -2.37. The highest BCUT2D eigenvalue weighted by molar-refractivity contribution is 6.42. The Hall–Kier alpha value is -3.88. The third-order valence-electron chi connectivity index (χ3n) is 5.30. The summed E-state index contributed by atoms with van der Waals surface area (Å²) in [7, 11) is 0. The van der Waals surface area contributed by atoms with Crippen LogP contribution in [-0.2, 0) is 9.59 Å². The summed E-state index contributed by atoms with van der Waals surface area (Å²) >= 11 is 12.3. The van der Waals surface area contributed by atoms with Gasteiger partial charge in [0, 0.05) is 30.4 Å². The van der Waals surface area contributed by atoms with Crippen molar-refractivity contribution in [3.05, 3.63) is 94.7 Å². The minimum Gasteiger partial charge on any atom is -0.478 e. The number of hydrogen-bond acceptors (Lipinski definition) is 5. The number of ether oxygens (including phenoxy) is 1. The van der Waals surface area contributed by atoms with E-state index in [1.807, 2.05) is 18.2 Å². The standard InChI is InChI=1S/C26H23Cl2N5O3/c27-20-11-10-19(14-21(20)28)33-24(15-22(32-33)18-8-4-12-30-16-18)36-13-5-9-23(34)31-25(26(29)35)17-6-2-1-3-7-17/h1-4,6-8,10-12,14-16,25H,5,9,13H2,(H2,29,35)(H,31,34)/t25-/m0/s1. The molecule has 0 aliphatic rings. The molecule has 1 atom stereocenters. The zero-order chi connectivity index (χ0) is 25.5. The van der Waals surface area contributed by atoms with E-state index in [-0.39, 0.29) is 18.9 Å². The van der Waals surface area contributed by atoms with Crippen LogP contribution in [0.3, 0.4) is 0 Å². The number of aromatic nitrogens is 3. The van der Waals surface area contributed by atoms with Crippen molar-refractivity contribution in [2.24, 2.45) is 5.73 Å². The molecule has 0 aliphatic carbocycles. The first-order valence-corrected chi connectivity index (χ1v) is 11.9. The second-order valence-corrected chi connectivity index (χ2v) is 8.70. The molecule has 2 amide bonds. The summed E-state index contributed by atoms with van der Waals surface area (Å²) in [6.45, 7) is 0.236. The molecule has 10 heteroatoms. The molecule has 0 saturated carbocycles. The first-order valence-electron chi connectivity index (χ1n) is 11.1. The van der Waals surface area contributed by atoms with Gasteiger partial charge >= 0.3 is 0 Å². The van der Waals surface area contributed by atoms with Crippen LogP contribution in [0.25, 0.3) is 16.9 Å². The van der Waals surface area contributed by atoms with Gasteiger partial charge in [-0.15, -0.1) is 0 Å². The molecule has 0 aliphatic heterocycles. The van der Waals surface area contributed by atoms with E-state index in [0.29, 0.717) is 39.3 Å². The van der Waals surface area contributed by atoms with Crippen LogP contribution >= 0.6 is 23.2 Å². The van der Waals surface area contributed by atoms with Gasteiger partial charge in [0.25, 0.3) is 0 Å². The topological polar surface area (TPSA) is 112 Å². The smallest absolute Gasteiger partial charge is 0.244 e. The van der Waals surface area contributed by atoms with Gasteiger partial charge in [0.2, 0.25) is 17.7 Å². The quantitative estimate of drug-likeness (QED) is 0.291. The lowest BCUT2D eigenvalue weighted by Gasteiger charge is -2.16. The fourth-order valence-corrected chi connectivity index (χ4v) is 3.82. The van der Waals surface area contributed by atoms with E-state index in [9.17, 15) is 9.59 Å². The van der Waals surface area contributed by atoms with Crippen LogP contribution in [0.1, 0.15) is 24.4 Å². The zero-order valence-electron chi connectivity index (χ0n) is 19.1. The van der Waals surface area contributed by atoms with Crippen LogP contribution in [0.5, 0.6) is 5.88 Å². The number of nitrogens with two attached hydrogens (primary N) is 1. The Morgan fingerprint density at radius 2 is 1.83 bits per heavy atom. The van der Waals surface area contributed by atoms with Crippen LogP contribution in [0, 0.1) is 0 Å². The molecular formula is C26H23Cl2N5O3. The van der Waals surface area contributed by atoms with E-state index in [1.54, 1.807) is 65.6 Å². The van der Waals surface area contributed by atoms with Crippen molar-refractivity contribution in [3.8, 4) is 22.8 Å². The largest absolute Gasteiger partial charge is 0.478 e. The molecule has 0 unspecified atom stereocenters. The van der Waals surface area contributed by atoms with Crippen LogP contribution in [0.15, 0.2) is 79.1 Å². The number of halogens is 2. The van der Waals surface area contributed by atoms with Crippen molar-refractivity contribution in [1.82, 2.24) is 20.1 Å². The van der Waals surface area contributed by atoms with Gasteiger partial charge in [-0.1, -0.05) is 53.5 Å². The summed E-state index contributed by atoms with van der Waals surface area (Å²) in [6, 6.07) is 18.6. The van der Waals surface area contributed by atoms with E-state index in [4.69, 9.17) is 33.7 Å². The summed E-state index contributed by atoms with van der Waals surface area (Å²) < 4.78 is 7.60. The summed E-state index contributed by atoms with van der Waals surface area (Å²) in [5, 5.41) is 8.15. The molecule has 8 nitrogen and oxygen atoms in total. The van der Waals surface area contributed by atoms with Gasteiger partial charge in [-0.05, 0) is 42.3 Å². The Morgan fingerprint density at radius 3 is 2.53 bits per heavy atom. The van der Waals surface area contributed by atoms with E-state index >= 15 is 0 Å². The number of nitrogens with one attached hydrogen (secondary N) is 1. The summed E-state index contributed by atoms with van der Waals surface area (Å²) in [5.41, 5.74) is 8.25. The summed E-state index contributed by atoms with van der Waals surface area (Å²) in [5.74, 6) is -0.466. The number of nitrogens with zero attached hydrogens (tertiary/aromatic N) is 3. The number of hydrogen-bond donors (Lipinski definition) is 2. The Morgan fingerprint density at radius 1 is 1.03 bits per heavy atom. The molecule has 2 aromatic carbocycles. The fourth-order valence-electron chi connectivity index (χ4n) is 3.53. The zero-order valence-corrected chi connectivity index (χ0v) is 20.6. The highest BCUT2D eigenvalue weighted by Crippen LogP contribution is 2.29. The number of rotatable bonds is 10. The van der Waals surface area contributed by atoms with Crippen molar-refractivity contribution in [3.63, 3.8) is 0 Å². The Balaban J connectivity index is 1.43. The number of amides is 2. The first kappa shape index (κ1) is 25.2. The van der Waals surface area contributed by atoms with Gasteiger partial charge in [0.05, 0.1) is 28.0 Å². The fraction of sp³-hybridized carbons (Fsp3) is 0.154. The molecule has 2 heterocycles. The second kappa shape index (κ2) is 11.7. The van der Waals surface area contributed by atoms with Gasteiger partial charge in [-0.25, -0.2) is 4.68 Å². The predicted octanol–water partition coefficient (Wildman–Crippen LogP) is 4.74. The first-order chi connectivity index (χ1) is 17.4. The molecule has 2 aromatic heterocycles. The van der Waals surface area contributed by atoms with Crippen LogP contribution in [-0.4, -0.2) is 33.2 Å². The van der Waals surface area contributed by atoms with Gasteiger partial charge in [-0.3, -0.25) is 14.6 Å². The lowest BCUT2D eigenvalue weighted by atomic mass is 10.1. The van der Waals surface area contributed by atoms with Crippen molar-refractivity contribution in [2.45, 2.75) is 18.9 Å². The van der Waals surface area contributed by atoms with E-state index in [0.717, 1.165) is 5.56 Å². The maximum absolute atomic E-state index is 12.5. The summed E-state index contributed by atoms with van der Waals surface area (Å²) in [4.78, 5) is 28.4. The molecule has 184 valence electrons. The Kier molecular flexibility index (Phi) is 8.20. The van der Waals surface area contributed by atoms with Gasteiger partial charge < -0.3 is 15.8 Å². The highest BCUT2D eigenvalue weighted by Gasteiger charge is 2.20. The van der Waals surface area contributed by atoms with E-state index in [2.05, 4.69) is 15.4 Å². The normalized spacial score (nSPS) is 11.6. The van der Waals surface area contributed by atoms with Gasteiger partial charge in [0.1, 0.15) is 6.04 Å². The third-order valence-corrected chi connectivity index (χ3v) is 6.04. The highest BCUT2D eigenvalue weighted by atomic mass is 35.5. The minimum absolute atomic E-state index is 0.146. The molecule has 3 N–H and O–H groups in total. The molecule has 0 bridgehead atoms. The van der Waals surface area contributed by atoms with Gasteiger partial charge in [0.15, 0.2) is 0 Å². The molecule has 0 spiro atoms. The van der Waals surface area contributed by atoms with E-state index < -0.39 is 11.9 Å². The second-order valence-electron chi connectivity index (χ2n) is 7.89. The molecule has 4 rings (SSSR count). The molecule has 0 radical (unpaired) electrons. The predicted molar refractivity (Wildman–Crippen MR) is 138 cm³/mol. The van der Waals surface area contributed by atoms with Crippen molar-refractivity contribution >= 4 is 35.0 Å². The molecular weight excluding hydrogens is 501 g/mol. The minimum atomic E-state index is -0.891. The Labute approximate surface area is 218 Å². The number of carbonyl (C=O) groups excluding carboxylic acids is 2. The lowest BCUT2D eigenvalue weighted by molar-refractivity contribution is -0.127. The van der Waals surface area contributed by atoms with Gasteiger partial charge in [-0.2, -0.15) is 5.10 Å². The van der Waals surface area contributed by atoms with Crippen LogP contribution in [0.4, 0.5) is 0 Å². The summed E-state index contributed by atoms with van der Waals surface area (Å²) in [6.07, 6.45) is 3.94.